The Labute approximate surface area is 134 Å². The Kier molecular flexibility index (Phi) is 4.65. The second-order valence-corrected chi connectivity index (χ2v) is 5.22. The first-order valence-electron chi connectivity index (χ1n) is 6.58. The van der Waals surface area contributed by atoms with Crippen LogP contribution >= 0.6 is 11.6 Å². The van der Waals surface area contributed by atoms with Crippen LogP contribution in [-0.4, -0.2) is 23.1 Å². The summed E-state index contributed by atoms with van der Waals surface area (Å²) in [5.74, 6) is -1.51. The molecule has 23 heavy (non-hydrogen) atoms. The van der Waals surface area contributed by atoms with Crippen LogP contribution in [0.5, 0.6) is 0 Å². The van der Waals surface area contributed by atoms with Gasteiger partial charge in [-0.05, 0) is 18.6 Å². The number of aromatic nitrogens is 1. The van der Waals surface area contributed by atoms with Crippen molar-refractivity contribution in [2.24, 2.45) is 0 Å². The smallest absolute Gasteiger partial charge is 0.418 e. The number of amides is 1. The second kappa shape index (κ2) is 6.19. The van der Waals surface area contributed by atoms with Crippen LogP contribution in [0.3, 0.4) is 0 Å². The highest BCUT2D eigenvalue weighted by Gasteiger charge is 2.38. The second-order valence-electron chi connectivity index (χ2n) is 4.81. The fourth-order valence-electron chi connectivity index (χ4n) is 2.02. The van der Waals surface area contributed by atoms with Crippen molar-refractivity contribution >= 4 is 29.3 Å². The Hall–Kier alpha value is -2.09. The number of pyridine rings is 1. The van der Waals surface area contributed by atoms with Gasteiger partial charge in [0, 0.05) is 18.7 Å². The van der Waals surface area contributed by atoms with Gasteiger partial charge in [-0.2, -0.15) is 13.2 Å². The molecule has 5 nitrogen and oxygen atoms in total. The van der Waals surface area contributed by atoms with E-state index in [4.69, 9.17) is 16.3 Å². The summed E-state index contributed by atoms with van der Waals surface area (Å²) >= 11 is 5.51. The average Bonchev–Trinajstić information content (AvgIpc) is 2.72. The maximum Gasteiger partial charge on any atom is 0.418 e. The summed E-state index contributed by atoms with van der Waals surface area (Å²) in [5.41, 5.74) is -0.732. The molecule has 0 saturated heterocycles. The highest BCUT2D eigenvalue weighted by molar-refractivity contribution is 6.31. The molecule has 9 heteroatoms. The van der Waals surface area contributed by atoms with Gasteiger partial charge in [-0.1, -0.05) is 18.5 Å². The zero-order valence-corrected chi connectivity index (χ0v) is 12.9. The quantitative estimate of drug-likeness (QED) is 0.786. The third-order valence-electron chi connectivity index (χ3n) is 3.14. The maximum atomic E-state index is 12.9. The Balaban J connectivity index is 2.43. The molecule has 0 aliphatic carbocycles. The lowest BCUT2D eigenvalue weighted by molar-refractivity contribution is -0.147. The summed E-state index contributed by atoms with van der Waals surface area (Å²) < 4.78 is 43.9. The first-order chi connectivity index (χ1) is 10.6. The molecule has 1 unspecified atom stereocenters. The van der Waals surface area contributed by atoms with Crippen LogP contribution in [0, 0.1) is 0 Å². The zero-order chi connectivity index (χ0) is 17.4. The number of anilines is 1. The molecule has 0 bridgehead atoms. The Morgan fingerprint density at radius 2 is 2.13 bits per heavy atom. The third kappa shape index (κ3) is 3.47. The molecule has 0 fully saturated rings. The molecule has 0 spiro atoms. The normalized spacial score (nSPS) is 18.2. The first kappa shape index (κ1) is 17.3. The standard InChI is InChI=1S/C14H12ClF3N2O3/c1-3-12(22)23-13-7(2)4-11(21)20(13)10-5-8(14(16,17)18)9(15)6-19-10/h4-6,13H,3H2,1-2H3. The molecule has 0 radical (unpaired) electrons. The Morgan fingerprint density at radius 3 is 2.70 bits per heavy atom. The SMILES string of the molecule is CCC(=O)OC1C(C)=CC(=O)N1c1cc(C(F)(F)F)c(Cl)cn1. The number of esters is 1. The minimum atomic E-state index is -4.70. The number of nitrogens with zero attached hydrogens (tertiary/aromatic N) is 2. The van der Waals surface area contributed by atoms with Crippen molar-refractivity contribution in [2.75, 3.05) is 4.90 Å². The fourth-order valence-corrected chi connectivity index (χ4v) is 2.23. The molecule has 0 saturated carbocycles. The van der Waals surface area contributed by atoms with Gasteiger partial charge in [0.25, 0.3) is 5.91 Å². The van der Waals surface area contributed by atoms with Crippen LogP contribution in [-0.2, 0) is 20.5 Å². The minimum Gasteiger partial charge on any atom is -0.437 e. The highest BCUT2D eigenvalue weighted by atomic mass is 35.5. The Bertz CT molecular complexity index is 688. The molecule has 1 aliphatic rings. The van der Waals surface area contributed by atoms with E-state index in [-0.39, 0.29) is 12.2 Å². The van der Waals surface area contributed by atoms with Gasteiger partial charge in [-0.25, -0.2) is 4.98 Å². The van der Waals surface area contributed by atoms with Crippen molar-refractivity contribution in [1.29, 1.82) is 0 Å². The molecule has 1 atom stereocenters. The van der Waals surface area contributed by atoms with Crippen molar-refractivity contribution in [1.82, 2.24) is 4.98 Å². The highest BCUT2D eigenvalue weighted by Crippen LogP contribution is 2.37. The van der Waals surface area contributed by atoms with Gasteiger partial charge in [0.15, 0.2) is 0 Å². The van der Waals surface area contributed by atoms with Crippen molar-refractivity contribution in [3.63, 3.8) is 0 Å². The predicted octanol–water partition coefficient (Wildman–Crippen LogP) is 3.33. The van der Waals surface area contributed by atoms with Gasteiger partial charge in [-0.3, -0.25) is 14.5 Å². The number of ether oxygens (including phenoxy) is 1. The summed E-state index contributed by atoms with van der Waals surface area (Å²) in [7, 11) is 0. The number of hydrogen-bond donors (Lipinski definition) is 0. The lowest BCUT2D eigenvalue weighted by atomic mass is 10.2. The van der Waals surface area contributed by atoms with Crippen molar-refractivity contribution in [3.05, 3.63) is 34.5 Å². The van der Waals surface area contributed by atoms with Gasteiger partial charge in [0.2, 0.25) is 6.23 Å². The molecular weight excluding hydrogens is 337 g/mol. The van der Waals surface area contributed by atoms with E-state index in [1.165, 1.54) is 13.0 Å². The summed E-state index contributed by atoms with van der Waals surface area (Å²) in [4.78, 5) is 28.1. The molecule has 2 heterocycles. The lowest BCUT2D eigenvalue weighted by Gasteiger charge is -2.25. The molecular formula is C14H12ClF3N2O3. The van der Waals surface area contributed by atoms with E-state index < -0.39 is 34.9 Å². The van der Waals surface area contributed by atoms with Crippen LogP contribution in [0.1, 0.15) is 25.8 Å². The number of halogens is 4. The van der Waals surface area contributed by atoms with Crippen LogP contribution in [0.4, 0.5) is 19.0 Å². The molecule has 1 aromatic rings. The van der Waals surface area contributed by atoms with Crippen molar-refractivity contribution in [3.8, 4) is 0 Å². The monoisotopic (exact) mass is 348 g/mol. The van der Waals surface area contributed by atoms with Crippen LogP contribution in [0.2, 0.25) is 5.02 Å². The van der Waals surface area contributed by atoms with E-state index in [9.17, 15) is 22.8 Å². The van der Waals surface area contributed by atoms with E-state index in [1.54, 1.807) is 6.92 Å². The van der Waals surface area contributed by atoms with E-state index >= 15 is 0 Å². The fraction of sp³-hybridized carbons (Fsp3) is 0.357. The van der Waals surface area contributed by atoms with E-state index in [2.05, 4.69) is 4.98 Å². The average molecular weight is 349 g/mol. The van der Waals surface area contributed by atoms with Gasteiger partial charge in [0.05, 0.1) is 10.6 Å². The molecule has 2 rings (SSSR count). The van der Waals surface area contributed by atoms with Gasteiger partial charge < -0.3 is 4.74 Å². The molecule has 1 aromatic heterocycles. The number of rotatable bonds is 3. The summed E-state index contributed by atoms with van der Waals surface area (Å²) in [6.45, 7) is 3.09. The van der Waals surface area contributed by atoms with Crippen molar-refractivity contribution < 1.29 is 27.5 Å². The minimum absolute atomic E-state index is 0.0632. The van der Waals surface area contributed by atoms with Crippen molar-refractivity contribution in [2.45, 2.75) is 32.7 Å². The van der Waals surface area contributed by atoms with Crippen LogP contribution in [0.25, 0.3) is 0 Å². The van der Waals surface area contributed by atoms with Crippen LogP contribution in [0.15, 0.2) is 23.9 Å². The predicted molar refractivity (Wildman–Crippen MR) is 75.7 cm³/mol. The van der Waals surface area contributed by atoms with E-state index in [0.717, 1.165) is 11.1 Å². The number of carbonyl (C=O) groups excluding carboxylic acids is 2. The van der Waals surface area contributed by atoms with E-state index in [0.29, 0.717) is 11.6 Å². The zero-order valence-electron chi connectivity index (χ0n) is 12.1. The molecule has 124 valence electrons. The Morgan fingerprint density at radius 1 is 1.48 bits per heavy atom. The molecule has 0 aromatic carbocycles. The molecule has 1 amide bonds. The van der Waals surface area contributed by atoms with E-state index in [1.807, 2.05) is 0 Å². The number of carbonyl (C=O) groups is 2. The maximum absolute atomic E-state index is 12.9. The third-order valence-corrected chi connectivity index (χ3v) is 3.44. The summed E-state index contributed by atoms with van der Waals surface area (Å²) in [6, 6.07) is 0.652. The summed E-state index contributed by atoms with van der Waals surface area (Å²) in [5, 5.41) is -0.584. The number of alkyl halides is 3. The van der Waals surface area contributed by atoms with Crippen LogP contribution < -0.4 is 4.90 Å². The number of hydrogen-bond acceptors (Lipinski definition) is 4. The topological polar surface area (TPSA) is 59.5 Å². The first-order valence-corrected chi connectivity index (χ1v) is 6.96. The lowest BCUT2D eigenvalue weighted by Crippen LogP contribution is -2.39. The summed E-state index contributed by atoms with van der Waals surface area (Å²) in [6.07, 6.45) is -3.77. The van der Waals surface area contributed by atoms with Gasteiger partial charge in [0.1, 0.15) is 5.82 Å². The molecule has 0 N–H and O–H groups in total. The molecule has 1 aliphatic heterocycles. The largest absolute Gasteiger partial charge is 0.437 e. The van der Waals surface area contributed by atoms with Gasteiger partial charge in [-0.15, -0.1) is 0 Å². The van der Waals surface area contributed by atoms with Gasteiger partial charge >= 0.3 is 12.1 Å².